The maximum Gasteiger partial charge on any atom is 0.220 e. The molecule has 0 bridgehead atoms. The molecular formula is C17H25NO2. The molecule has 20 heavy (non-hydrogen) atoms. The monoisotopic (exact) mass is 275 g/mol. The molecule has 0 spiro atoms. The smallest absolute Gasteiger partial charge is 0.220 e. The van der Waals surface area contributed by atoms with E-state index in [2.05, 4.69) is 37.4 Å². The zero-order chi connectivity index (χ0) is 14.6. The highest BCUT2D eigenvalue weighted by molar-refractivity contribution is 5.76. The van der Waals surface area contributed by atoms with Crippen LogP contribution in [0.4, 0.5) is 0 Å². The second kappa shape index (κ2) is 6.40. The molecule has 3 nitrogen and oxygen atoms in total. The first-order valence-electron chi connectivity index (χ1n) is 7.53. The third kappa shape index (κ3) is 4.34. The maximum atomic E-state index is 11.9. The highest BCUT2D eigenvalue weighted by atomic mass is 16.3. The minimum atomic E-state index is -0.657. The number of amides is 1. The van der Waals surface area contributed by atoms with E-state index in [1.807, 2.05) is 0 Å². The first-order chi connectivity index (χ1) is 9.47. The number of carbonyl (C=O) groups excluding carboxylic acids is 1. The van der Waals surface area contributed by atoms with E-state index in [1.165, 1.54) is 16.7 Å². The fourth-order valence-corrected chi connectivity index (χ4v) is 3.03. The largest absolute Gasteiger partial charge is 0.388 e. The second-order valence-corrected chi connectivity index (χ2v) is 6.20. The standard InChI is InChI=1S/C17H25NO2/c1-13-9-14(2)11-15(10-13)5-6-16(19)18-12-17(20)7-3-4-8-17/h9-11,20H,3-8,12H2,1-2H3,(H,18,19). The SMILES string of the molecule is Cc1cc(C)cc(CCC(=O)NCC2(O)CCCC2)c1. The van der Waals surface area contributed by atoms with Crippen LogP contribution in [0.5, 0.6) is 0 Å². The van der Waals surface area contributed by atoms with Gasteiger partial charge in [0, 0.05) is 13.0 Å². The molecule has 0 radical (unpaired) electrons. The van der Waals surface area contributed by atoms with Crippen molar-refractivity contribution < 1.29 is 9.90 Å². The lowest BCUT2D eigenvalue weighted by Gasteiger charge is -2.22. The third-order valence-electron chi connectivity index (χ3n) is 4.07. The van der Waals surface area contributed by atoms with E-state index in [9.17, 15) is 9.90 Å². The van der Waals surface area contributed by atoms with Crippen LogP contribution in [0.25, 0.3) is 0 Å². The predicted octanol–water partition coefficient (Wildman–Crippen LogP) is 2.66. The van der Waals surface area contributed by atoms with Gasteiger partial charge in [-0.05, 0) is 38.7 Å². The molecule has 1 saturated carbocycles. The van der Waals surface area contributed by atoms with Crippen LogP contribution >= 0.6 is 0 Å². The van der Waals surface area contributed by atoms with Gasteiger partial charge in [0.15, 0.2) is 0 Å². The molecule has 0 aliphatic heterocycles. The van der Waals surface area contributed by atoms with Crippen molar-refractivity contribution in [3.63, 3.8) is 0 Å². The van der Waals surface area contributed by atoms with Crippen molar-refractivity contribution in [3.05, 3.63) is 34.9 Å². The first-order valence-corrected chi connectivity index (χ1v) is 7.53. The van der Waals surface area contributed by atoms with Crippen molar-refractivity contribution in [2.45, 2.75) is 58.0 Å². The molecule has 0 unspecified atom stereocenters. The van der Waals surface area contributed by atoms with Crippen molar-refractivity contribution in [1.82, 2.24) is 5.32 Å². The minimum absolute atomic E-state index is 0.0319. The molecule has 1 amide bonds. The molecule has 0 heterocycles. The van der Waals surface area contributed by atoms with Crippen LogP contribution in [-0.2, 0) is 11.2 Å². The summed E-state index contributed by atoms with van der Waals surface area (Å²) in [4.78, 5) is 11.9. The topological polar surface area (TPSA) is 49.3 Å². The molecule has 2 rings (SSSR count). The third-order valence-corrected chi connectivity index (χ3v) is 4.07. The molecule has 1 aliphatic rings. The zero-order valence-corrected chi connectivity index (χ0v) is 12.5. The molecule has 2 N–H and O–H groups in total. The molecule has 3 heteroatoms. The predicted molar refractivity (Wildman–Crippen MR) is 80.7 cm³/mol. The molecule has 1 aromatic carbocycles. The van der Waals surface area contributed by atoms with E-state index in [1.54, 1.807) is 0 Å². The lowest BCUT2D eigenvalue weighted by Crippen LogP contribution is -2.40. The van der Waals surface area contributed by atoms with Gasteiger partial charge >= 0.3 is 0 Å². The van der Waals surface area contributed by atoms with Crippen LogP contribution < -0.4 is 5.32 Å². The summed E-state index contributed by atoms with van der Waals surface area (Å²) in [6, 6.07) is 6.40. The Morgan fingerprint density at radius 1 is 1.20 bits per heavy atom. The van der Waals surface area contributed by atoms with Gasteiger partial charge in [-0.3, -0.25) is 4.79 Å². The average Bonchev–Trinajstić information content (AvgIpc) is 2.80. The lowest BCUT2D eigenvalue weighted by molar-refractivity contribution is -0.122. The van der Waals surface area contributed by atoms with Crippen LogP contribution in [0, 0.1) is 13.8 Å². The van der Waals surface area contributed by atoms with Crippen LogP contribution in [0.15, 0.2) is 18.2 Å². The fourth-order valence-electron chi connectivity index (χ4n) is 3.03. The highest BCUT2D eigenvalue weighted by Gasteiger charge is 2.31. The van der Waals surface area contributed by atoms with Crippen molar-refractivity contribution in [2.75, 3.05) is 6.54 Å². The van der Waals surface area contributed by atoms with E-state index in [-0.39, 0.29) is 5.91 Å². The van der Waals surface area contributed by atoms with Crippen molar-refractivity contribution in [3.8, 4) is 0 Å². The number of carbonyl (C=O) groups is 1. The van der Waals surface area contributed by atoms with Crippen molar-refractivity contribution in [1.29, 1.82) is 0 Å². The molecule has 110 valence electrons. The Kier molecular flexibility index (Phi) is 4.81. The lowest BCUT2D eigenvalue weighted by atomic mass is 10.0. The average molecular weight is 275 g/mol. The van der Waals surface area contributed by atoms with E-state index in [4.69, 9.17) is 0 Å². The normalized spacial score (nSPS) is 17.1. The summed E-state index contributed by atoms with van der Waals surface area (Å²) in [7, 11) is 0. The molecule has 1 aromatic rings. The Morgan fingerprint density at radius 2 is 1.80 bits per heavy atom. The van der Waals surface area contributed by atoms with Crippen LogP contribution in [0.3, 0.4) is 0 Å². The highest BCUT2D eigenvalue weighted by Crippen LogP contribution is 2.28. The van der Waals surface area contributed by atoms with Gasteiger partial charge in [-0.2, -0.15) is 0 Å². The molecule has 0 saturated heterocycles. The summed E-state index contributed by atoms with van der Waals surface area (Å²) >= 11 is 0. The number of hydrogen-bond donors (Lipinski definition) is 2. The number of rotatable bonds is 5. The maximum absolute atomic E-state index is 11.9. The van der Waals surface area contributed by atoms with Gasteiger partial charge in [0.2, 0.25) is 5.91 Å². The number of aryl methyl sites for hydroxylation is 3. The zero-order valence-electron chi connectivity index (χ0n) is 12.5. The summed E-state index contributed by atoms with van der Waals surface area (Å²) in [6.07, 6.45) is 4.99. The Labute approximate surface area is 121 Å². The van der Waals surface area contributed by atoms with E-state index >= 15 is 0 Å². The molecular weight excluding hydrogens is 250 g/mol. The van der Waals surface area contributed by atoms with Gasteiger partial charge in [-0.25, -0.2) is 0 Å². The summed E-state index contributed by atoms with van der Waals surface area (Å²) < 4.78 is 0. The Balaban J connectivity index is 1.77. The van der Waals surface area contributed by atoms with E-state index in [0.717, 1.165) is 32.1 Å². The van der Waals surface area contributed by atoms with Crippen molar-refractivity contribution in [2.24, 2.45) is 0 Å². The van der Waals surface area contributed by atoms with Gasteiger partial charge in [0.25, 0.3) is 0 Å². The summed E-state index contributed by atoms with van der Waals surface area (Å²) in [5.41, 5.74) is 3.02. The molecule has 0 aromatic heterocycles. The summed E-state index contributed by atoms with van der Waals surface area (Å²) in [5.74, 6) is 0.0319. The van der Waals surface area contributed by atoms with E-state index in [0.29, 0.717) is 13.0 Å². The fraction of sp³-hybridized carbons (Fsp3) is 0.588. The van der Waals surface area contributed by atoms with Crippen molar-refractivity contribution >= 4 is 5.91 Å². The Morgan fingerprint density at radius 3 is 2.40 bits per heavy atom. The van der Waals surface area contributed by atoms with Crippen LogP contribution in [0.1, 0.15) is 48.8 Å². The second-order valence-electron chi connectivity index (χ2n) is 6.20. The summed E-state index contributed by atoms with van der Waals surface area (Å²) in [5, 5.41) is 13.1. The summed E-state index contributed by atoms with van der Waals surface area (Å²) in [6.45, 7) is 4.55. The van der Waals surface area contributed by atoms with E-state index < -0.39 is 5.60 Å². The van der Waals surface area contributed by atoms with Crippen LogP contribution in [0.2, 0.25) is 0 Å². The number of hydrogen-bond acceptors (Lipinski definition) is 2. The quantitative estimate of drug-likeness (QED) is 0.868. The minimum Gasteiger partial charge on any atom is -0.388 e. The Hall–Kier alpha value is -1.35. The molecule has 0 atom stereocenters. The van der Waals surface area contributed by atoms with Gasteiger partial charge in [0.05, 0.1) is 5.60 Å². The van der Waals surface area contributed by atoms with Crippen LogP contribution in [-0.4, -0.2) is 23.2 Å². The Bertz CT molecular complexity index is 456. The van der Waals surface area contributed by atoms with Gasteiger partial charge in [-0.15, -0.1) is 0 Å². The van der Waals surface area contributed by atoms with Gasteiger partial charge in [0.1, 0.15) is 0 Å². The number of nitrogens with one attached hydrogen (secondary N) is 1. The van der Waals surface area contributed by atoms with Gasteiger partial charge < -0.3 is 10.4 Å². The first kappa shape index (κ1) is 15.0. The van der Waals surface area contributed by atoms with Gasteiger partial charge in [-0.1, -0.05) is 42.2 Å². The molecule has 1 aliphatic carbocycles. The molecule has 1 fully saturated rings. The number of benzene rings is 1. The number of aliphatic hydroxyl groups is 1.